The van der Waals surface area contributed by atoms with Crippen LogP contribution in [0.1, 0.15) is 15.2 Å². The Bertz CT molecular complexity index is 608. The van der Waals surface area contributed by atoms with Gasteiger partial charge < -0.3 is 16.0 Å². The van der Waals surface area contributed by atoms with Gasteiger partial charge in [0.1, 0.15) is 10.7 Å². The number of rotatable bonds is 3. The van der Waals surface area contributed by atoms with Crippen LogP contribution in [0.5, 0.6) is 0 Å². The van der Waals surface area contributed by atoms with Crippen LogP contribution >= 0.6 is 11.3 Å². The summed E-state index contributed by atoms with van der Waals surface area (Å²) in [6, 6.07) is 7.72. The Morgan fingerprint density at radius 1 is 1.42 bits per heavy atom. The number of thiazole rings is 1. The minimum Gasteiger partial charge on any atom is -0.382 e. The van der Waals surface area contributed by atoms with Crippen molar-refractivity contribution in [3.63, 3.8) is 0 Å². The van der Waals surface area contributed by atoms with Crippen molar-refractivity contribution in [2.45, 2.75) is 6.92 Å². The molecule has 0 radical (unpaired) electrons. The average Bonchev–Trinajstić information content (AvgIpc) is 2.79. The van der Waals surface area contributed by atoms with Crippen LogP contribution in [0.2, 0.25) is 0 Å². The van der Waals surface area contributed by atoms with E-state index in [1.54, 1.807) is 19.0 Å². The third-order valence-electron chi connectivity index (χ3n) is 2.84. The molecule has 1 amide bonds. The van der Waals surface area contributed by atoms with Crippen molar-refractivity contribution < 1.29 is 4.79 Å². The van der Waals surface area contributed by atoms with Crippen molar-refractivity contribution in [2.24, 2.45) is 0 Å². The van der Waals surface area contributed by atoms with Gasteiger partial charge in [-0.3, -0.25) is 4.79 Å². The van der Waals surface area contributed by atoms with Gasteiger partial charge in [-0.1, -0.05) is 29.5 Å². The lowest BCUT2D eigenvalue weighted by Gasteiger charge is -2.18. The largest absolute Gasteiger partial charge is 0.382 e. The fourth-order valence-electron chi connectivity index (χ4n) is 1.79. The SMILES string of the molecule is CNc1nc(N)c(C(=O)N(C)c2ccccc2C)s1. The molecule has 0 aliphatic heterocycles. The summed E-state index contributed by atoms with van der Waals surface area (Å²) >= 11 is 1.26. The van der Waals surface area contributed by atoms with Crippen molar-refractivity contribution in [3.8, 4) is 0 Å². The second-order valence-electron chi connectivity index (χ2n) is 4.13. The maximum absolute atomic E-state index is 12.4. The Labute approximate surface area is 116 Å². The fourth-order valence-corrected chi connectivity index (χ4v) is 2.61. The number of anilines is 3. The molecule has 0 unspecified atom stereocenters. The van der Waals surface area contributed by atoms with Crippen LogP contribution in [-0.4, -0.2) is 25.0 Å². The molecule has 0 aliphatic carbocycles. The Hall–Kier alpha value is -2.08. The molecule has 6 heteroatoms. The van der Waals surface area contributed by atoms with E-state index in [-0.39, 0.29) is 11.7 Å². The summed E-state index contributed by atoms with van der Waals surface area (Å²) in [6.45, 7) is 1.97. The topological polar surface area (TPSA) is 71.2 Å². The van der Waals surface area contributed by atoms with E-state index in [4.69, 9.17) is 5.73 Å². The number of nitrogens with zero attached hydrogens (tertiary/aromatic N) is 2. The molecule has 2 rings (SSSR count). The monoisotopic (exact) mass is 276 g/mol. The highest BCUT2D eigenvalue weighted by Gasteiger charge is 2.21. The maximum atomic E-state index is 12.4. The van der Waals surface area contributed by atoms with Crippen molar-refractivity contribution >= 4 is 33.9 Å². The zero-order valence-corrected chi connectivity index (χ0v) is 11.9. The first-order chi connectivity index (χ1) is 9.04. The molecule has 0 bridgehead atoms. The number of aromatic nitrogens is 1. The highest BCUT2D eigenvalue weighted by molar-refractivity contribution is 7.18. The van der Waals surface area contributed by atoms with Crippen LogP contribution in [0.15, 0.2) is 24.3 Å². The summed E-state index contributed by atoms with van der Waals surface area (Å²) in [6.07, 6.45) is 0. The smallest absolute Gasteiger partial charge is 0.272 e. The van der Waals surface area contributed by atoms with E-state index in [0.717, 1.165) is 11.3 Å². The first kappa shape index (κ1) is 13.4. The molecule has 0 spiro atoms. The number of nitrogens with two attached hydrogens (primary N) is 1. The molecule has 1 aromatic carbocycles. The number of hydrogen-bond acceptors (Lipinski definition) is 5. The zero-order chi connectivity index (χ0) is 14.0. The Balaban J connectivity index is 2.33. The Morgan fingerprint density at radius 2 is 2.11 bits per heavy atom. The number of hydrogen-bond donors (Lipinski definition) is 2. The predicted molar refractivity (Wildman–Crippen MR) is 80.0 cm³/mol. The lowest BCUT2D eigenvalue weighted by Crippen LogP contribution is -2.26. The minimum absolute atomic E-state index is 0.147. The van der Waals surface area contributed by atoms with Crippen LogP contribution in [0.4, 0.5) is 16.6 Å². The van der Waals surface area contributed by atoms with E-state index in [0.29, 0.717) is 10.0 Å². The van der Waals surface area contributed by atoms with Crippen molar-refractivity contribution in [3.05, 3.63) is 34.7 Å². The van der Waals surface area contributed by atoms with E-state index in [1.165, 1.54) is 11.3 Å². The molecule has 19 heavy (non-hydrogen) atoms. The van der Waals surface area contributed by atoms with E-state index >= 15 is 0 Å². The van der Waals surface area contributed by atoms with Gasteiger partial charge in [0.2, 0.25) is 0 Å². The summed E-state index contributed by atoms with van der Waals surface area (Å²) < 4.78 is 0. The standard InChI is InChI=1S/C13H16N4OS/c1-8-6-4-5-7-9(8)17(3)12(18)10-11(14)16-13(15-2)19-10/h4-7H,14H2,1-3H3,(H,15,16). The summed E-state index contributed by atoms with van der Waals surface area (Å²) in [4.78, 5) is 18.6. The maximum Gasteiger partial charge on any atom is 0.272 e. The third kappa shape index (κ3) is 2.53. The zero-order valence-electron chi connectivity index (χ0n) is 11.1. The van der Waals surface area contributed by atoms with Gasteiger partial charge in [-0.05, 0) is 18.6 Å². The molecular formula is C13H16N4OS. The number of nitrogen functional groups attached to an aromatic ring is 1. The number of nitrogens with one attached hydrogen (secondary N) is 1. The minimum atomic E-state index is -0.147. The van der Waals surface area contributed by atoms with Crippen LogP contribution in [0, 0.1) is 6.92 Å². The first-order valence-corrected chi connectivity index (χ1v) is 6.64. The van der Waals surface area contributed by atoms with Crippen LogP contribution in [0.3, 0.4) is 0 Å². The lowest BCUT2D eigenvalue weighted by molar-refractivity contribution is 0.0997. The molecule has 0 fully saturated rings. The number of aryl methyl sites for hydroxylation is 1. The highest BCUT2D eigenvalue weighted by atomic mass is 32.1. The van der Waals surface area contributed by atoms with E-state index < -0.39 is 0 Å². The molecule has 0 saturated heterocycles. The van der Waals surface area contributed by atoms with Gasteiger partial charge >= 0.3 is 0 Å². The highest BCUT2D eigenvalue weighted by Crippen LogP contribution is 2.28. The summed E-state index contributed by atoms with van der Waals surface area (Å²) in [5, 5.41) is 3.53. The van der Waals surface area contributed by atoms with E-state index in [9.17, 15) is 4.79 Å². The normalized spacial score (nSPS) is 10.3. The van der Waals surface area contributed by atoms with Crippen molar-refractivity contribution in [1.29, 1.82) is 0 Å². The van der Waals surface area contributed by atoms with Crippen molar-refractivity contribution in [2.75, 3.05) is 30.0 Å². The van der Waals surface area contributed by atoms with Gasteiger partial charge in [-0.15, -0.1) is 0 Å². The second-order valence-corrected chi connectivity index (χ2v) is 5.13. The molecule has 5 nitrogen and oxygen atoms in total. The van der Waals surface area contributed by atoms with Gasteiger partial charge in [-0.25, -0.2) is 4.98 Å². The molecule has 2 aromatic rings. The van der Waals surface area contributed by atoms with Gasteiger partial charge in [-0.2, -0.15) is 0 Å². The number of para-hydroxylation sites is 1. The molecule has 100 valence electrons. The number of carbonyl (C=O) groups is 1. The fraction of sp³-hybridized carbons (Fsp3) is 0.231. The average molecular weight is 276 g/mol. The molecule has 0 saturated carbocycles. The summed E-state index contributed by atoms with van der Waals surface area (Å²) in [5.74, 6) is 0.116. The van der Waals surface area contributed by atoms with Gasteiger partial charge in [0.05, 0.1) is 0 Å². The van der Waals surface area contributed by atoms with Crippen LogP contribution in [-0.2, 0) is 0 Å². The van der Waals surface area contributed by atoms with Crippen molar-refractivity contribution in [1.82, 2.24) is 4.98 Å². The van der Waals surface area contributed by atoms with Gasteiger partial charge in [0, 0.05) is 19.8 Å². The molecular weight excluding hydrogens is 260 g/mol. The second kappa shape index (κ2) is 5.27. The predicted octanol–water partition coefficient (Wildman–Crippen LogP) is 2.35. The molecule has 0 atom stereocenters. The van der Waals surface area contributed by atoms with Gasteiger partial charge in [0.25, 0.3) is 5.91 Å². The number of amides is 1. The quantitative estimate of drug-likeness (QED) is 0.902. The van der Waals surface area contributed by atoms with Crippen LogP contribution < -0.4 is 16.0 Å². The summed E-state index contributed by atoms with van der Waals surface area (Å²) in [5.41, 5.74) is 7.69. The number of benzene rings is 1. The Morgan fingerprint density at radius 3 is 2.68 bits per heavy atom. The molecule has 1 heterocycles. The first-order valence-electron chi connectivity index (χ1n) is 5.82. The van der Waals surface area contributed by atoms with E-state index in [1.807, 2.05) is 31.2 Å². The molecule has 0 aliphatic rings. The Kier molecular flexibility index (Phi) is 3.71. The van der Waals surface area contributed by atoms with E-state index in [2.05, 4.69) is 10.3 Å². The van der Waals surface area contributed by atoms with Crippen LogP contribution in [0.25, 0.3) is 0 Å². The third-order valence-corrected chi connectivity index (χ3v) is 3.92. The molecule has 3 N–H and O–H groups in total. The van der Waals surface area contributed by atoms with Gasteiger partial charge in [0.15, 0.2) is 5.13 Å². The number of carbonyl (C=O) groups excluding carboxylic acids is 1. The molecule has 1 aromatic heterocycles. The summed E-state index contributed by atoms with van der Waals surface area (Å²) in [7, 11) is 3.49. The lowest BCUT2D eigenvalue weighted by atomic mass is 10.2.